The molecule has 0 atom stereocenters. The Hall–Kier alpha value is -2.83. The van der Waals surface area contributed by atoms with Crippen molar-refractivity contribution in [2.24, 2.45) is 0 Å². The highest BCUT2D eigenvalue weighted by Gasteiger charge is 2.17. The molecule has 0 radical (unpaired) electrons. The van der Waals surface area contributed by atoms with E-state index in [0.29, 0.717) is 21.3 Å². The first-order valence-electron chi connectivity index (χ1n) is 8.51. The molecule has 28 heavy (non-hydrogen) atoms. The number of hydrogen-bond donors (Lipinski definition) is 2. The van der Waals surface area contributed by atoms with Crippen LogP contribution in [0.5, 0.6) is 0 Å². The van der Waals surface area contributed by atoms with Crippen LogP contribution in [-0.4, -0.2) is 21.6 Å². The number of hydrazine groups is 1. The Bertz CT molecular complexity index is 1030. The second-order valence-electron chi connectivity index (χ2n) is 6.20. The summed E-state index contributed by atoms with van der Waals surface area (Å²) in [7, 11) is 0. The topological polar surface area (TPSA) is 76.0 Å². The predicted molar refractivity (Wildman–Crippen MR) is 109 cm³/mol. The van der Waals surface area contributed by atoms with Gasteiger partial charge < -0.3 is 0 Å². The number of amides is 2. The SMILES string of the molecule is Cc1nn(-c2ccc(Cl)c(Cl)c2)c(C)c1CC(=O)NNC(=O)c1ccccc1. The number of carbonyl (C=O) groups excluding carboxylic acids is 2. The second-order valence-corrected chi connectivity index (χ2v) is 7.02. The number of halogens is 2. The normalized spacial score (nSPS) is 10.6. The molecule has 0 fully saturated rings. The van der Waals surface area contributed by atoms with Crippen LogP contribution in [-0.2, 0) is 11.2 Å². The molecule has 0 saturated heterocycles. The summed E-state index contributed by atoms with van der Waals surface area (Å²) in [5.41, 5.74) is 8.35. The number of nitrogens with zero attached hydrogens (tertiary/aromatic N) is 2. The lowest BCUT2D eigenvalue weighted by Gasteiger charge is -2.08. The van der Waals surface area contributed by atoms with Crippen molar-refractivity contribution in [3.05, 3.63) is 81.1 Å². The van der Waals surface area contributed by atoms with E-state index in [-0.39, 0.29) is 18.2 Å². The number of aryl methyl sites for hydroxylation is 1. The van der Waals surface area contributed by atoms with E-state index >= 15 is 0 Å². The zero-order valence-corrected chi connectivity index (χ0v) is 16.8. The van der Waals surface area contributed by atoms with E-state index in [1.165, 1.54) is 0 Å². The second kappa shape index (κ2) is 8.46. The van der Waals surface area contributed by atoms with E-state index < -0.39 is 0 Å². The van der Waals surface area contributed by atoms with Gasteiger partial charge in [0.25, 0.3) is 5.91 Å². The first kappa shape index (κ1) is 19.9. The molecule has 0 aliphatic carbocycles. The summed E-state index contributed by atoms with van der Waals surface area (Å²) in [6.45, 7) is 3.69. The summed E-state index contributed by atoms with van der Waals surface area (Å²) in [5.74, 6) is -0.724. The fourth-order valence-corrected chi connectivity index (χ4v) is 3.08. The maximum atomic E-state index is 12.3. The first-order chi connectivity index (χ1) is 13.4. The highest BCUT2D eigenvalue weighted by molar-refractivity contribution is 6.42. The molecule has 8 heteroatoms. The van der Waals surface area contributed by atoms with Crippen LogP contribution in [0.15, 0.2) is 48.5 Å². The van der Waals surface area contributed by atoms with Crippen LogP contribution < -0.4 is 10.9 Å². The molecule has 0 aliphatic heterocycles. The van der Waals surface area contributed by atoms with Gasteiger partial charge >= 0.3 is 0 Å². The minimum atomic E-state index is -0.381. The van der Waals surface area contributed by atoms with Crippen LogP contribution in [0.1, 0.15) is 27.3 Å². The van der Waals surface area contributed by atoms with Crippen LogP contribution in [0, 0.1) is 13.8 Å². The summed E-state index contributed by atoms with van der Waals surface area (Å²) in [5, 5.41) is 5.38. The van der Waals surface area contributed by atoms with E-state index in [9.17, 15) is 9.59 Å². The predicted octanol–water partition coefficient (Wildman–Crippen LogP) is 3.80. The average molecular weight is 417 g/mol. The van der Waals surface area contributed by atoms with Crippen molar-refractivity contribution >= 4 is 35.0 Å². The first-order valence-corrected chi connectivity index (χ1v) is 9.27. The fourth-order valence-electron chi connectivity index (χ4n) is 2.79. The summed E-state index contributed by atoms with van der Waals surface area (Å²) >= 11 is 12.1. The third-order valence-electron chi connectivity index (χ3n) is 4.28. The molecule has 0 saturated carbocycles. The largest absolute Gasteiger partial charge is 0.273 e. The molecular formula is C20H18Cl2N4O2. The molecule has 2 amide bonds. The van der Waals surface area contributed by atoms with Crippen molar-refractivity contribution in [1.29, 1.82) is 0 Å². The number of benzene rings is 2. The van der Waals surface area contributed by atoms with Crippen LogP contribution in [0.4, 0.5) is 0 Å². The van der Waals surface area contributed by atoms with Crippen molar-refractivity contribution in [3.8, 4) is 5.69 Å². The summed E-state index contributed by atoms with van der Waals surface area (Å²) in [6.07, 6.45) is 0.0774. The third-order valence-corrected chi connectivity index (χ3v) is 5.02. The summed E-state index contributed by atoms with van der Waals surface area (Å²) in [6, 6.07) is 13.9. The minimum Gasteiger partial charge on any atom is -0.273 e. The maximum absolute atomic E-state index is 12.3. The molecule has 1 heterocycles. The zero-order chi connectivity index (χ0) is 20.3. The Balaban J connectivity index is 1.70. The van der Waals surface area contributed by atoms with Gasteiger partial charge in [-0.2, -0.15) is 5.10 Å². The quantitative estimate of drug-likeness (QED) is 0.634. The van der Waals surface area contributed by atoms with Gasteiger partial charge in [0.05, 0.1) is 27.8 Å². The fraction of sp³-hybridized carbons (Fsp3) is 0.150. The lowest BCUT2D eigenvalue weighted by Crippen LogP contribution is -2.42. The molecule has 1 aromatic heterocycles. The van der Waals surface area contributed by atoms with Gasteiger partial charge in [0.15, 0.2) is 0 Å². The van der Waals surface area contributed by atoms with E-state index in [1.54, 1.807) is 47.1 Å². The van der Waals surface area contributed by atoms with Gasteiger partial charge in [0.1, 0.15) is 0 Å². The monoisotopic (exact) mass is 416 g/mol. The van der Waals surface area contributed by atoms with Crippen molar-refractivity contribution in [2.75, 3.05) is 0 Å². The van der Waals surface area contributed by atoms with Crippen LogP contribution in [0.25, 0.3) is 5.69 Å². The number of nitrogens with one attached hydrogen (secondary N) is 2. The molecule has 144 valence electrons. The van der Waals surface area contributed by atoms with Gasteiger partial charge in [-0.05, 0) is 44.2 Å². The molecule has 0 bridgehead atoms. The highest BCUT2D eigenvalue weighted by Crippen LogP contribution is 2.26. The van der Waals surface area contributed by atoms with E-state index in [0.717, 1.165) is 16.9 Å². The standard InChI is InChI=1S/C20H18Cl2N4O2/c1-12-16(11-19(27)23-24-20(28)14-6-4-3-5-7-14)13(2)26(25-12)15-8-9-17(21)18(22)10-15/h3-10H,11H2,1-2H3,(H,23,27)(H,24,28). The van der Waals surface area contributed by atoms with Crippen molar-refractivity contribution in [1.82, 2.24) is 20.6 Å². The molecule has 3 aromatic rings. The zero-order valence-electron chi connectivity index (χ0n) is 15.3. The Morgan fingerprint density at radius 3 is 2.39 bits per heavy atom. The van der Waals surface area contributed by atoms with Crippen LogP contribution in [0.3, 0.4) is 0 Å². The molecule has 0 aliphatic rings. The maximum Gasteiger partial charge on any atom is 0.269 e. The number of aromatic nitrogens is 2. The molecular weight excluding hydrogens is 399 g/mol. The van der Waals surface area contributed by atoms with Gasteiger partial charge in [0.2, 0.25) is 5.91 Å². The van der Waals surface area contributed by atoms with E-state index in [2.05, 4.69) is 16.0 Å². The Kier molecular flexibility index (Phi) is 6.02. The lowest BCUT2D eigenvalue weighted by atomic mass is 10.1. The Morgan fingerprint density at radius 2 is 1.71 bits per heavy atom. The van der Waals surface area contributed by atoms with Crippen molar-refractivity contribution < 1.29 is 9.59 Å². The molecule has 0 unspecified atom stereocenters. The third kappa shape index (κ3) is 4.35. The summed E-state index contributed by atoms with van der Waals surface area (Å²) in [4.78, 5) is 24.3. The number of rotatable bonds is 4. The van der Waals surface area contributed by atoms with Gasteiger partial charge in [-0.1, -0.05) is 41.4 Å². The van der Waals surface area contributed by atoms with Crippen molar-refractivity contribution in [2.45, 2.75) is 20.3 Å². The Morgan fingerprint density at radius 1 is 1.00 bits per heavy atom. The molecule has 2 aromatic carbocycles. The van der Waals surface area contributed by atoms with Gasteiger partial charge in [-0.25, -0.2) is 4.68 Å². The van der Waals surface area contributed by atoms with Gasteiger partial charge in [0, 0.05) is 16.8 Å². The smallest absolute Gasteiger partial charge is 0.269 e. The van der Waals surface area contributed by atoms with Crippen LogP contribution in [0.2, 0.25) is 10.0 Å². The minimum absolute atomic E-state index is 0.0774. The molecule has 2 N–H and O–H groups in total. The molecule has 0 spiro atoms. The number of carbonyl (C=O) groups is 2. The lowest BCUT2D eigenvalue weighted by molar-refractivity contribution is -0.121. The van der Waals surface area contributed by atoms with Crippen LogP contribution >= 0.6 is 23.2 Å². The average Bonchev–Trinajstić information content (AvgIpc) is 2.97. The summed E-state index contributed by atoms with van der Waals surface area (Å²) < 4.78 is 1.71. The van der Waals surface area contributed by atoms with Gasteiger partial charge in [-0.3, -0.25) is 20.4 Å². The van der Waals surface area contributed by atoms with E-state index in [4.69, 9.17) is 23.2 Å². The van der Waals surface area contributed by atoms with E-state index in [1.807, 2.05) is 19.9 Å². The molecule has 3 rings (SSSR count). The number of hydrogen-bond acceptors (Lipinski definition) is 3. The highest BCUT2D eigenvalue weighted by atomic mass is 35.5. The van der Waals surface area contributed by atoms with Gasteiger partial charge in [-0.15, -0.1) is 0 Å². The Labute approximate surface area is 172 Å². The van der Waals surface area contributed by atoms with Crippen molar-refractivity contribution in [3.63, 3.8) is 0 Å². The molecule has 6 nitrogen and oxygen atoms in total.